The molecule has 118 valence electrons. The monoisotopic (exact) mass is 345 g/mol. The SMILES string of the molecule is COC(=O)[C@@H](Sc1nnc(-c2cccs2)n1C)c1ccccc1. The van der Waals surface area contributed by atoms with E-state index in [1.54, 1.807) is 11.3 Å². The van der Waals surface area contributed by atoms with Gasteiger partial charge in [0, 0.05) is 7.05 Å². The van der Waals surface area contributed by atoms with Crippen LogP contribution >= 0.6 is 23.1 Å². The molecule has 2 aromatic heterocycles. The maximum atomic E-state index is 12.2. The number of benzene rings is 1. The van der Waals surface area contributed by atoms with E-state index in [0.717, 1.165) is 16.3 Å². The zero-order valence-electron chi connectivity index (χ0n) is 12.7. The molecule has 0 aliphatic heterocycles. The molecule has 0 unspecified atom stereocenters. The number of ether oxygens (including phenoxy) is 1. The van der Waals surface area contributed by atoms with E-state index in [0.29, 0.717) is 5.16 Å². The molecule has 0 aliphatic carbocycles. The zero-order valence-corrected chi connectivity index (χ0v) is 14.3. The third-order valence-electron chi connectivity index (χ3n) is 3.32. The quantitative estimate of drug-likeness (QED) is 0.523. The van der Waals surface area contributed by atoms with Crippen molar-refractivity contribution in [1.29, 1.82) is 0 Å². The number of esters is 1. The number of hydrogen-bond donors (Lipinski definition) is 0. The summed E-state index contributed by atoms with van der Waals surface area (Å²) in [6, 6.07) is 13.5. The third-order valence-corrected chi connectivity index (χ3v) is 5.45. The van der Waals surface area contributed by atoms with Crippen LogP contribution < -0.4 is 0 Å². The predicted octanol–water partition coefficient (Wildman–Crippen LogP) is 3.55. The van der Waals surface area contributed by atoms with E-state index in [1.165, 1.54) is 18.9 Å². The van der Waals surface area contributed by atoms with Crippen LogP contribution in [0, 0.1) is 0 Å². The fourth-order valence-electron chi connectivity index (χ4n) is 2.13. The Morgan fingerprint density at radius 3 is 2.65 bits per heavy atom. The largest absolute Gasteiger partial charge is 0.468 e. The molecule has 0 bridgehead atoms. The lowest BCUT2D eigenvalue weighted by molar-refractivity contribution is -0.140. The van der Waals surface area contributed by atoms with E-state index in [1.807, 2.05) is 59.5 Å². The molecular formula is C16H15N3O2S2. The van der Waals surface area contributed by atoms with Gasteiger partial charge in [0.15, 0.2) is 11.0 Å². The Morgan fingerprint density at radius 2 is 2.00 bits per heavy atom. The first-order valence-electron chi connectivity index (χ1n) is 6.93. The molecule has 3 aromatic rings. The Labute approximate surface area is 142 Å². The summed E-state index contributed by atoms with van der Waals surface area (Å²) < 4.78 is 6.84. The lowest BCUT2D eigenvalue weighted by Crippen LogP contribution is -2.12. The zero-order chi connectivity index (χ0) is 16.2. The Balaban J connectivity index is 1.91. The summed E-state index contributed by atoms with van der Waals surface area (Å²) in [7, 11) is 3.29. The van der Waals surface area contributed by atoms with E-state index in [4.69, 9.17) is 4.74 Å². The molecule has 1 aromatic carbocycles. The molecule has 7 heteroatoms. The molecule has 0 saturated carbocycles. The van der Waals surface area contributed by atoms with Crippen LogP contribution in [0.15, 0.2) is 53.0 Å². The minimum Gasteiger partial charge on any atom is -0.468 e. The second-order valence-electron chi connectivity index (χ2n) is 4.77. The van der Waals surface area contributed by atoms with Gasteiger partial charge >= 0.3 is 5.97 Å². The summed E-state index contributed by atoms with van der Waals surface area (Å²) in [6.45, 7) is 0. The number of nitrogens with zero attached hydrogens (tertiary/aromatic N) is 3. The van der Waals surface area contributed by atoms with Gasteiger partial charge in [0.25, 0.3) is 0 Å². The van der Waals surface area contributed by atoms with Crippen molar-refractivity contribution in [2.75, 3.05) is 7.11 Å². The van der Waals surface area contributed by atoms with Gasteiger partial charge in [-0.25, -0.2) is 0 Å². The van der Waals surface area contributed by atoms with Gasteiger partial charge in [-0.3, -0.25) is 4.79 Å². The van der Waals surface area contributed by atoms with Crippen molar-refractivity contribution in [3.63, 3.8) is 0 Å². The Hall–Kier alpha value is -2.12. The number of thiophene rings is 1. The number of aromatic nitrogens is 3. The standard InChI is InChI=1S/C16H15N3O2S2/c1-19-14(12-9-6-10-22-12)17-18-16(19)23-13(15(20)21-2)11-7-4-3-5-8-11/h3-10,13H,1-2H3/t13-/m0/s1. The van der Waals surface area contributed by atoms with Crippen LogP contribution in [0.3, 0.4) is 0 Å². The minimum atomic E-state index is -0.472. The lowest BCUT2D eigenvalue weighted by Gasteiger charge is -2.14. The molecule has 3 rings (SSSR count). The van der Waals surface area contributed by atoms with E-state index in [-0.39, 0.29) is 5.97 Å². The topological polar surface area (TPSA) is 57.0 Å². The number of rotatable bonds is 5. The molecule has 0 aliphatic rings. The first-order valence-corrected chi connectivity index (χ1v) is 8.69. The van der Waals surface area contributed by atoms with Crippen LogP contribution in [-0.4, -0.2) is 27.8 Å². The van der Waals surface area contributed by atoms with Gasteiger partial charge in [-0.05, 0) is 17.0 Å². The van der Waals surface area contributed by atoms with Crippen LogP contribution in [0.4, 0.5) is 0 Å². The summed E-state index contributed by atoms with van der Waals surface area (Å²) in [4.78, 5) is 13.2. The van der Waals surface area contributed by atoms with Gasteiger partial charge in [0.2, 0.25) is 0 Å². The van der Waals surface area contributed by atoms with Gasteiger partial charge in [-0.1, -0.05) is 48.2 Å². The van der Waals surface area contributed by atoms with E-state index < -0.39 is 5.25 Å². The van der Waals surface area contributed by atoms with E-state index in [2.05, 4.69) is 10.2 Å². The Kier molecular flexibility index (Phi) is 4.78. The second kappa shape index (κ2) is 6.97. The van der Waals surface area contributed by atoms with Crippen molar-refractivity contribution in [3.8, 4) is 10.7 Å². The fraction of sp³-hybridized carbons (Fsp3) is 0.188. The smallest absolute Gasteiger partial charge is 0.323 e. The second-order valence-corrected chi connectivity index (χ2v) is 6.79. The third kappa shape index (κ3) is 3.30. The highest BCUT2D eigenvalue weighted by atomic mass is 32.2. The maximum Gasteiger partial charge on any atom is 0.323 e. The van der Waals surface area contributed by atoms with Crippen LogP contribution in [0.5, 0.6) is 0 Å². The van der Waals surface area contributed by atoms with Crippen LogP contribution in [0.1, 0.15) is 10.8 Å². The summed E-state index contributed by atoms with van der Waals surface area (Å²) in [5.74, 6) is 0.487. The summed E-state index contributed by atoms with van der Waals surface area (Å²) in [6.07, 6.45) is 0. The molecular weight excluding hydrogens is 330 g/mol. The molecule has 0 N–H and O–H groups in total. The van der Waals surface area contributed by atoms with Crippen molar-refractivity contribution in [3.05, 3.63) is 53.4 Å². The van der Waals surface area contributed by atoms with Gasteiger partial charge in [0.05, 0.1) is 12.0 Å². The minimum absolute atomic E-state index is 0.304. The van der Waals surface area contributed by atoms with Gasteiger partial charge < -0.3 is 9.30 Å². The average Bonchev–Trinajstić information content (AvgIpc) is 3.23. The van der Waals surface area contributed by atoms with Crippen molar-refractivity contribution in [1.82, 2.24) is 14.8 Å². The van der Waals surface area contributed by atoms with Crippen molar-refractivity contribution >= 4 is 29.1 Å². The molecule has 0 saturated heterocycles. The number of carbonyl (C=O) groups excluding carboxylic acids is 1. The van der Waals surface area contributed by atoms with Crippen LogP contribution in [-0.2, 0) is 16.6 Å². The fourth-order valence-corrected chi connectivity index (χ4v) is 3.90. The highest BCUT2D eigenvalue weighted by molar-refractivity contribution is 8.00. The molecule has 0 amide bonds. The van der Waals surface area contributed by atoms with E-state index >= 15 is 0 Å². The summed E-state index contributed by atoms with van der Waals surface area (Å²) in [5, 5.41) is 10.7. The maximum absolute atomic E-state index is 12.2. The highest BCUT2D eigenvalue weighted by Gasteiger charge is 2.25. The molecule has 2 heterocycles. The summed E-state index contributed by atoms with van der Waals surface area (Å²) in [5.41, 5.74) is 0.880. The Bertz CT molecular complexity index is 785. The highest BCUT2D eigenvalue weighted by Crippen LogP contribution is 2.36. The summed E-state index contributed by atoms with van der Waals surface area (Å²) >= 11 is 2.94. The lowest BCUT2D eigenvalue weighted by atomic mass is 10.1. The number of thioether (sulfide) groups is 1. The van der Waals surface area contributed by atoms with Gasteiger partial charge in [-0.2, -0.15) is 0 Å². The van der Waals surface area contributed by atoms with Crippen molar-refractivity contribution in [2.24, 2.45) is 7.05 Å². The molecule has 23 heavy (non-hydrogen) atoms. The normalized spacial score (nSPS) is 12.1. The van der Waals surface area contributed by atoms with Crippen LogP contribution in [0.2, 0.25) is 0 Å². The van der Waals surface area contributed by atoms with Gasteiger partial charge in [-0.15, -0.1) is 21.5 Å². The molecule has 0 spiro atoms. The Morgan fingerprint density at radius 1 is 1.22 bits per heavy atom. The van der Waals surface area contributed by atoms with Gasteiger partial charge in [0.1, 0.15) is 5.25 Å². The van der Waals surface area contributed by atoms with Crippen molar-refractivity contribution < 1.29 is 9.53 Å². The van der Waals surface area contributed by atoms with E-state index in [9.17, 15) is 4.79 Å². The predicted molar refractivity (Wildman–Crippen MR) is 91.4 cm³/mol. The number of hydrogen-bond acceptors (Lipinski definition) is 6. The van der Waals surface area contributed by atoms with Crippen molar-refractivity contribution in [2.45, 2.75) is 10.4 Å². The molecule has 1 atom stereocenters. The molecule has 0 radical (unpaired) electrons. The first-order chi connectivity index (χ1) is 11.2. The average molecular weight is 345 g/mol. The first kappa shape index (κ1) is 15.8. The molecule has 0 fully saturated rings. The molecule has 5 nitrogen and oxygen atoms in total. The van der Waals surface area contributed by atoms with Crippen LogP contribution in [0.25, 0.3) is 10.7 Å². The number of carbonyl (C=O) groups is 1. The number of methoxy groups -OCH3 is 1.